The molecule has 17 heavy (non-hydrogen) atoms. The number of hydrogen-bond acceptors (Lipinski definition) is 3. The standard InChI is InChI=1S/C12H14Cl2O3/c1-3-16-11(15)7-8-5-9(13)12(17-4-2)10(14)6-8/h5-6H,3-4,7H2,1-2H3. The third kappa shape index (κ3) is 4.10. The fraction of sp³-hybridized carbons (Fsp3) is 0.417. The van der Waals surface area contributed by atoms with E-state index in [-0.39, 0.29) is 12.4 Å². The maximum atomic E-state index is 11.3. The molecular weight excluding hydrogens is 263 g/mol. The molecule has 0 aliphatic rings. The maximum absolute atomic E-state index is 11.3. The van der Waals surface area contributed by atoms with Crippen LogP contribution in [0.5, 0.6) is 5.75 Å². The summed E-state index contributed by atoms with van der Waals surface area (Å²) in [6.45, 7) is 4.45. The van der Waals surface area contributed by atoms with E-state index < -0.39 is 0 Å². The Kier molecular flexibility index (Phi) is 5.59. The third-order valence-electron chi connectivity index (χ3n) is 2.00. The van der Waals surface area contributed by atoms with E-state index in [1.165, 1.54) is 0 Å². The van der Waals surface area contributed by atoms with Crippen molar-refractivity contribution in [1.29, 1.82) is 0 Å². The Balaban J connectivity index is 2.86. The van der Waals surface area contributed by atoms with Gasteiger partial charge in [-0.2, -0.15) is 0 Å². The Morgan fingerprint density at radius 2 is 1.76 bits per heavy atom. The first-order valence-electron chi connectivity index (χ1n) is 5.34. The van der Waals surface area contributed by atoms with E-state index in [1.807, 2.05) is 6.92 Å². The summed E-state index contributed by atoms with van der Waals surface area (Å²) in [5.41, 5.74) is 0.710. The zero-order chi connectivity index (χ0) is 12.8. The molecular formula is C12H14Cl2O3. The number of carbonyl (C=O) groups excluding carboxylic acids is 1. The lowest BCUT2D eigenvalue weighted by atomic mass is 10.1. The summed E-state index contributed by atoms with van der Waals surface area (Å²) < 4.78 is 10.1. The SMILES string of the molecule is CCOC(=O)Cc1cc(Cl)c(OCC)c(Cl)c1. The van der Waals surface area contributed by atoms with Crippen molar-refractivity contribution in [2.75, 3.05) is 13.2 Å². The van der Waals surface area contributed by atoms with Crippen LogP contribution < -0.4 is 4.74 Å². The first-order valence-corrected chi connectivity index (χ1v) is 6.10. The normalized spacial score (nSPS) is 10.1. The number of halogens is 2. The molecule has 0 atom stereocenters. The van der Waals surface area contributed by atoms with E-state index in [1.54, 1.807) is 19.1 Å². The lowest BCUT2D eigenvalue weighted by molar-refractivity contribution is -0.142. The largest absolute Gasteiger partial charge is 0.491 e. The van der Waals surface area contributed by atoms with Crippen molar-refractivity contribution >= 4 is 29.2 Å². The topological polar surface area (TPSA) is 35.5 Å². The zero-order valence-electron chi connectivity index (χ0n) is 9.76. The predicted molar refractivity (Wildman–Crippen MR) is 68.0 cm³/mol. The second-order valence-electron chi connectivity index (χ2n) is 3.30. The van der Waals surface area contributed by atoms with E-state index in [0.717, 1.165) is 0 Å². The maximum Gasteiger partial charge on any atom is 0.310 e. The van der Waals surface area contributed by atoms with Crippen LogP contribution in [0.25, 0.3) is 0 Å². The number of carbonyl (C=O) groups is 1. The average molecular weight is 277 g/mol. The molecule has 94 valence electrons. The van der Waals surface area contributed by atoms with Crippen LogP contribution in [0.3, 0.4) is 0 Å². The number of ether oxygens (including phenoxy) is 2. The van der Waals surface area contributed by atoms with Crippen molar-refractivity contribution < 1.29 is 14.3 Å². The summed E-state index contributed by atoms with van der Waals surface area (Å²) in [6, 6.07) is 3.32. The monoisotopic (exact) mass is 276 g/mol. The summed E-state index contributed by atoms with van der Waals surface area (Å²) in [4.78, 5) is 11.3. The Hall–Kier alpha value is -0.930. The average Bonchev–Trinajstić information content (AvgIpc) is 2.23. The van der Waals surface area contributed by atoms with Crippen LogP contribution >= 0.6 is 23.2 Å². The summed E-state index contributed by atoms with van der Waals surface area (Å²) in [7, 11) is 0. The van der Waals surface area contributed by atoms with Gasteiger partial charge in [0.2, 0.25) is 0 Å². The molecule has 1 rings (SSSR count). The first-order chi connectivity index (χ1) is 8.08. The van der Waals surface area contributed by atoms with Gasteiger partial charge in [-0.05, 0) is 31.5 Å². The lowest BCUT2D eigenvalue weighted by Crippen LogP contribution is -2.07. The molecule has 0 radical (unpaired) electrons. The van der Waals surface area contributed by atoms with Crippen molar-refractivity contribution in [3.8, 4) is 5.75 Å². The quantitative estimate of drug-likeness (QED) is 0.773. The molecule has 0 aliphatic heterocycles. The molecule has 0 fully saturated rings. The lowest BCUT2D eigenvalue weighted by Gasteiger charge is -2.10. The van der Waals surface area contributed by atoms with Crippen LogP contribution in [0.1, 0.15) is 19.4 Å². The van der Waals surface area contributed by atoms with Gasteiger partial charge in [0.05, 0.1) is 29.7 Å². The van der Waals surface area contributed by atoms with Gasteiger partial charge in [-0.25, -0.2) is 0 Å². The van der Waals surface area contributed by atoms with Crippen LogP contribution in [0, 0.1) is 0 Å². The van der Waals surface area contributed by atoms with Crippen molar-refractivity contribution in [3.63, 3.8) is 0 Å². The highest BCUT2D eigenvalue weighted by Crippen LogP contribution is 2.34. The van der Waals surface area contributed by atoms with Gasteiger partial charge in [-0.1, -0.05) is 23.2 Å². The van der Waals surface area contributed by atoms with Crippen LogP contribution in [-0.4, -0.2) is 19.2 Å². The van der Waals surface area contributed by atoms with Crippen LogP contribution in [0.4, 0.5) is 0 Å². The zero-order valence-corrected chi connectivity index (χ0v) is 11.3. The minimum Gasteiger partial charge on any atom is -0.491 e. The van der Waals surface area contributed by atoms with Crippen molar-refractivity contribution in [2.24, 2.45) is 0 Å². The molecule has 3 nitrogen and oxygen atoms in total. The van der Waals surface area contributed by atoms with Crippen molar-refractivity contribution in [3.05, 3.63) is 27.7 Å². The van der Waals surface area contributed by atoms with Gasteiger partial charge >= 0.3 is 5.97 Å². The molecule has 0 N–H and O–H groups in total. The molecule has 0 bridgehead atoms. The highest BCUT2D eigenvalue weighted by Gasteiger charge is 2.12. The highest BCUT2D eigenvalue weighted by atomic mass is 35.5. The molecule has 0 saturated carbocycles. The molecule has 0 spiro atoms. The molecule has 0 amide bonds. The molecule has 0 heterocycles. The van der Waals surface area contributed by atoms with E-state index in [4.69, 9.17) is 32.7 Å². The number of benzene rings is 1. The summed E-state index contributed by atoms with van der Waals surface area (Å²) in [5.74, 6) is 0.146. The van der Waals surface area contributed by atoms with Gasteiger partial charge < -0.3 is 9.47 Å². The van der Waals surface area contributed by atoms with E-state index in [9.17, 15) is 4.79 Å². The Bertz CT molecular complexity index is 382. The van der Waals surface area contributed by atoms with E-state index in [0.29, 0.717) is 34.6 Å². The predicted octanol–water partition coefficient (Wildman–Crippen LogP) is 3.50. The second-order valence-corrected chi connectivity index (χ2v) is 4.12. The molecule has 0 aliphatic carbocycles. The highest BCUT2D eigenvalue weighted by molar-refractivity contribution is 6.37. The summed E-state index contributed by atoms with van der Waals surface area (Å²) in [6.07, 6.45) is 0.152. The molecule has 1 aromatic rings. The van der Waals surface area contributed by atoms with Gasteiger partial charge in [0.15, 0.2) is 5.75 Å². The molecule has 1 aromatic carbocycles. The summed E-state index contributed by atoms with van der Waals surface area (Å²) >= 11 is 12.0. The Labute approximate surface area is 111 Å². The smallest absolute Gasteiger partial charge is 0.310 e. The van der Waals surface area contributed by atoms with Gasteiger partial charge in [0, 0.05) is 0 Å². The van der Waals surface area contributed by atoms with Crippen LogP contribution in [0.15, 0.2) is 12.1 Å². The van der Waals surface area contributed by atoms with E-state index >= 15 is 0 Å². The molecule has 0 unspecified atom stereocenters. The number of hydrogen-bond donors (Lipinski definition) is 0. The first kappa shape index (κ1) is 14.1. The number of esters is 1. The van der Waals surface area contributed by atoms with Crippen molar-refractivity contribution in [1.82, 2.24) is 0 Å². The third-order valence-corrected chi connectivity index (χ3v) is 2.56. The van der Waals surface area contributed by atoms with Gasteiger partial charge in [0.1, 0.15) is 0 Å². The second kappa shape index (κ2) is 6.72. The Morgan fingerprint density at radius 3 is 2.24 bits per heavy atom. The minimum absolute atomic E-state index is 0.152. The fourth-order valence-corrected chi connectivity index (χ4v) is 2.02. The van der Waals surface area contributed by atoms with E-state index in [2.05, 4.69) is 0 Å². The van der Waals surface area contributed by atoms with Crippen LogP contribution in [0.2, 0.25) is 10.0 Å². The Morgan fingerprint density at radius 1 is 1.18 bits per heavy atom. The van der Waals surface area contributed by atoms with Gasteiger partial charge in [0.25, 0.3) is 0 Å². The van der Waals surface area contributed by atoms with Crippen LogP contribution in [-0.2, 0) is 16.0 Å². The van der Waals surface area contributed by atoms with Gasteiger partial charge in [-0.3, -0.25) is 4.79 Å². The molecule has 5 heteroatoms. The van der Waals surface area contributed by atoms with Crippen molar-refractivity contribution in [2.45, 2.75) is 20.3 Å². The molecule has 0 aromatic heterocycles. The molecule has 0 saturated heterocycles. The summed E-state index contributed by atoms with van der Waals surface area (Å²) in [5, 5.41) is 0.803. The van der Waals surface area contributed by atoms with Gasteiger partial charge in [-0.15, -0.1) is 0 Å². The minimum atomic E-state index is -0.302. The fourth-order valence-electron chi connectivity index (χ4n) is 1.38. The number of rotatable bonds is 5.